The Kier molecular flexibility index (Phi) is 4.12. The maximum Gasteiger partial charge on any atom is 0.337 e. The molecule has 3 aromatic rings. The van der Waals surface area contributed by atoms with E-state index in [0.29, 0.717) is 23.7 Å². The van der Waals surface area contributed by atoms with Crippen molar-refractivity contribution in [3.05, 3.63) is 59.5 Å². The van der Waals surface area contributed by atoms with Crippen molar-refractivity contribution in [2.45, 2.75) is 25.4 Å². The molecule has 1 aromatic carbocycles. The zero-order valence-electron chi connectivity index (χ0n) is 14.3. The Labute approximate surface area is 150 Å². The molecular formula is C19H18N4O3. The Hall–Kier alpha value is -3.22. The van der Waals surface area contributed by atoms with Gasteiger partial charge >= 0.3 is 5.97 Å². The molecule has 2 aromatic heterocycles. The Balaban J connectivity index is 1.43. The quantitative estimate of drug-likeness (QED) is 0.715. The summed E-state index contributed by atoms with van der Waals surface area (Å²) in [6.07, 6.45) is 5.69. The SMILES string of the molecule is COC(=O)c1ccc(CNC(=O)c2cnc3c(c2)ncn3C2CC2)cc1. The van der Waals surface area contributed by atoms with E-state index >= 15 is 0 Å². The number of amides is 1. The molecule has 2 heterocycles. The molecule has 1 saturated carbocycles. The maximum atomic E-state index is 12.4. The van der Waals surface area contributed by atoms with Gasteiger partial charge in [-0.15, -0.1) is 0 Å². The number of imidazole rings is 1. The molecule has 0 unspecified atom stereocenters. The molecule has 0 bridgehead atoms. The van der Waals surface area contributed by atoms with E-state index in [0.717, 1.165) is 29.6 Å². The Morgan fingerprint density at radius 2 is 1.96 bits per heavy atom. The van der Waals surface area contributed by atoms with Crippen LogP contribution in [-0.2, 0) is 11.3 Å². The Morgan fingerprint density at radius 3 is 2.65 bits per heavy atom. The molecule has 26 heavy (non-hydrogen) atoms. The van der Waals surface area contributed by atoms with Crippen molar-refractivity contribution in [1.29, 1.82) is 0 Å². The summed E-state index contributed by atoms with van der Waals surface area (Å²) in [6.45, 7) is 0.356. The zero-order valence-corrected chi connectivity index (χ0v) is 14.3. The second-order valence-corrected chi connectivity index (χ2v) is 6.32. The van der Waals surface area contributed by atoms with E-state index in [2.05, 4.69) is 24.6 Å². The first-order valence-corrected chi connectivity index (χ1v) is 8.44. The predicted molar refractivity (Wildman–Crippen MR) is 94.8 cm³/mol. The lowest BCUT2D eigenvalue weighted by atomic mass is 10.1. The van der Waals surface area contributed by atoms with Gasteiger partial charge in [0.1, 0.15) is 5.52 Å². The van der Waals surface area contributed by atoms with Crippen LogP contribution in [0, 0.1) is 0 Å². The lowest BCUT2D eigenvalue weighted by molar-refractivity contribution is 0.0600. The number of carbonyl (C=O) groups excluding carboxylic acids is 2. The van der Waals surface area contributed by atoms with Gasteiger partial charge in [0.2, 0.25) is 0 Å². The van der Waals surface area contributed by atoms with Crippen molar-refractivity contribution >= 4 is 23.0 Å². The third-order valence-electron chi connectivity index (χ3n) is 4.44. The molecule has 0 radical (unpaired) electrons. The van der Waals surface area contributed by atoms with Gasteiger partial charge in [-0.3, -0.25) is 4.79 Å². The van der Waals surface area contributed by atoms with Crippen molar-refractivity contribution in [2.75, 3.05) is 7.11 Å². The van der Waals surface area contributed by atoms with Crippen LogP contribution in [0.25, 0.3) is 11.2 Å². The van der Waals surface area contributed by atoms with Crippen molar-refractivity contribution in [2.24, 2.45) is 0 Å². The number of methoxy groups -OCH3 is 1. The fourth-order valence-corrected chi connectivity index (χ4v) is 2.82. The summed E-state index contributed by atoms with van der Waals surface area (Å²) in [5, 5.41) is 2.85. The van der Waals surface area contributed by atoms with Gasteiger partial charge < -0.3 is 14.6 Å². The number of benzene rings is 1. The van der Waals surface area contributed by atoms with Crippen molar-refractivity contribution in [3.8, 4) is 0 Å². The molecule has 0 aliphatic heterocycles. The first kappa shape index (κ1) is 16.3. The lowest BCUT2D eigenvalue weighted by Crippen LogP contribution is -2.23. The van der Waals surface area contributed by atoms with E-state index in [1.165, 1.54) is 7.11 Å². The first-order chi connectivity index (χ1) is 12.7. The molecule has 4 rings (SSSR count). The number of aromatic nitrogens is 3. The Morgan fingerprint density at radius 1 is 1.19 bits per heavy atom. The van der Waals surface area contributed by atoms with Crippen LogP contribution in [0.15, 0.2) is 42.9 Å². The molecule has 7 nitrogen and oxygen atoms in total. The monoisotopic (exact) mass is 350 g/mol. The van der Waals surface area contributed by atoms with Gasteiger partial charge in [0.15, 0.2) is 5.65 Å². The van der Waals surface area contributed by atoms with Crippen LogP contribution in [0.2, 0.25) is 0 Å². The highest BCUT2D eigenvalue weighted by Gasteiger charge is 2.25. The fourth-order valence-electron chi connectivity index (χ4n) is 2.82. The highest BCUT2D eigenvalue weighted by atomic mass is 16.5. The molecule has 1 fully saturated rings. The lowest BCUT2D eigenvalue weighted by Gasteiger charge is -2.06. The van der Waals surface area contributed by atoms with Crippen LogP contribution in [0.5, 0.6) is 0 Å². The zero-order chi connectivity index (χ0) is 18.1. The molecule has 132 valence electrons. The average molecular weight is 350 g/mol. The molecule has 1 aliphatic carbocycles. The number of nitrogens with one attached hydrogen (secondary N) is 1. The second-order valence-electron chi connectivity index (χ2n) is 6.32. The van der Waals surface area contributed by atoms with Crippen LogP contribution >= 0.6 is 0 Å². The van der Waals surface area contributed by atoms with Crippen LogP contribution in [-0.4, -0.2) is 33.5 Å². The van der Waals surface area contributed by atoms with Crippen LogP contribution in [0.1, 0.15) is 45.2 Å². The highest BCUT2D eigenvalue weighted by molar-refractivity contribution is 5.96. The third-order valence-corrected chi connectivity index (χ3v) is 4.44. The fraction of sp³-hybridized carbons (Fsp3) is 0.263. The minimum Gasteiger partial charge on any atom is -0.465 e. The third kappa shape index (κ3) is 3.15. The van der Waals surface area contributed by atoms with Gasteiger partial charge in [-0.25, -0.2) is 14.8 Å². The molecule has 1 aliphatic rings. The number of carbonyl (C=O) groups is 2. The van der Waals surface area contributed by atoms with Gasteiger partial charge in [0.25, 0.3) is 5.91 Å². The van der Waals surface area contributed by atoms with Gasteiger partial charge in [0, 0.05) is 18.8 Å². The summed E-state index contributed by atoms with van der Waals surface area (Å²) in [5.74, 6) is -0.594. The van der Waals surface area contributed by atoms with Crippen molar-refractivity contribution < 1.29 is 14.3 Å². The molecule has 1 amide bonds. The highest BCUT2D eigenvalue weighted by Crippen LogP contribution is 2.36. The van der Waals surface area contributed by atoms with Gasteiger partial charge in [-0.05, 0) is 36.6 Å². The summed E-state index contributed by atoms with van der Waals surface area (Å²) in [7, 11) is 1.34. The average Bonchev–Trinajstić information content (AvgIpc) is 3.44. The molecule has 1 N–H and O–H groups in total. The van der Waals surface area contributed by atoms with E-state index < -0.39 is 0 Å². The topological polar surface area (TPSA) is 86.1 Å². The molecule has 0 saturated heterocycles. The summed E-state index contributed by atoms with van der Waals surface area (Å²) in [6, 6.07) is 9.17. The number of nitrogens with zero attached hydrogens (tertiary/aromatic N) is 3. The minimum absolute atomic E-state index is 0.211. The van der Waals surface area contributed by atoms with Crippen molar-refractivity contribution in [1.82, 2.24) is 19.9 Å². The number of esters is 1. The number of hydrogen-bond donors (Lipinski definition) is 1. The smallest absolute Gasteiger partial charge is 0.337 e. The molecular weight excluding hydrogens is 332 g/mol. The van der Waals surface area contributed by atoms with Gasteiger partial charge in [-0.1, -0.05) is 12.1 Å². The minimum atomic E-state index is -0.384. The molecule has 0 atom stereocenters. The second kappa shape index (κ2) is 6.59. The standard InChI is InChI=1S/C19H18N4O3/c1-26-19(25)13-4-2-12(3-5-13)9-21-18(24)14-8-16-17(20-10-14)23(11-22-16)15-6-7-15/h2-5,8,10-11,15H,6-7,9H2,1H3,(H,21,24). The van der Waals surface area contributed by atoms with Crippen LogP contribution in [0.4, 0.5) is 0 Å². The Bertz CT molecular complexity index is 974. The van der Waals surface area contributed by atoms with E-state index in [-0.39, 0.29) is 11.9 Å². The summed E-state index contributed by atoms with van der Waals surface area (Å²) >= 11 is 0. The van der Waals surface area contributed by atoms with E-state index in [1.54, 1.807) is 42.9 Å². The van der Waals surface area contributed by atoms with E-state index in [9.17, 15) is 9.59 Å². The number of ether oxygens (including phenoxy) is 1. The van der Waals surface area contributed by atoms with Crippen LogP contribution in [0.3, 0.4) is 0 Å². The molecule has 0 spiro atoms. The largest absolute Gasteiger partial charge is 0.465 e. The summed E-state index contributed by atoms with van der Waals surface area (Å²) in [5.41, 5.74) is 3.39. The summed E-state index contributed by atoms with van der Waals surface area (Å²) in [4.78, 5) is 32.6. The number of pyridine rings is 1. The van der Waals surface area contributed by atoms with E-state index in [4.69, 9.17) is 0 Å². The number of hydrogen-bond acceptors (Lipinski definition) is 5. The van der Waals surface area contributed by atoms with E-state index in [1.807, 2.05) is 0 Å². The normalized spacial score (nSPS) is 13.6. The summed E-state index contributed by atoms with van der Waals surface area (Å²) < 4.78 is 6.73. The predicted octanol–water partition coefficient (Wildman–Crippen LogP) is 2.48. The van der Waals surface area contributed by atoms with Gasteiger partial charge in [-0.2, -0.15) is 0 Å². The molecule has 7 heteroatoms. The number of rotatable bonds is 5. The maximum absolute atomic E-state index is 12.4. The van der Waals surface area contributed by atoms with Gasteiger partial charge in [0.05, 0.1) is 24.6 Å². The number of fused-ring (bicyclic) bond motifs is 1. The van der Waals surface area contributed by atoms with Crippen molar-refractivity contribution in [3.63, 3.8) is 0 Å². The van der Waals surface area contributed by atoms with Crippen LogP contribution < -0.4 is 5.32 Å². The first-order valence-electron chi connectivity index (χ1n) is 8.44.